The minimum atomic E-state index is -0.650. The van der Waals surface area contributed by atoms with Crippen LogP contribution in [0.2, 0.25) is 0 Å². The second kappa shape index (κ2) is 19.6. The Morgan fingerprint density at radius 3 is 2.27 bits per heavy atom. The van der Waals surface area contributed by atoms with Crippen LogP contribution in [0.4, 0.5) is 0 Å². The van der Waals surface area contributed by atoms with Gasteiger partial charge in [0.15, 0.2) is 0 Å². The van der Waals surface area contributed by atoms with Crippen LogP contribution < -0.4 is 5.32 Å². The number of rotatable bonds is 10. The summed E-state index contributed by atoms with van der Waals surface area (Å²) in [4.78, 5) is 39.3. The zero-order valence-corrected chi connectivity index (χ0v) is 25.7. The summed E-state index contributed by atoms with van der Waals surface area (Å²) in [7, 11) is 1.35. The SMILES string of the molecule is C#C.COC(=O)C(CSC[C@@H]1CCCN1C(=O)CC1CCCCC1)NC(=O)CC(C)(C)C.OCc1ccccc1. The van der Waals surface area contributed by atoms with E-state index in [1.807, 2.05) is 51.1 Å². The number of nitrogens with zero attached hydrogens (tertiary/aromatic N) is 1. The van der Waals surface area contributed by atoms with E-state index in [2.05, 4.69) is 23.1 Å². The Hall–Kier alpha value is -2.50. The third-order valence-corrected chi connectivity index (χ3v) is 8.21. The van der Waals surface area contributed by atoms with E-state index < -0.39 is 12.0 Å². The zero-order valence-electron chi connectivity index (χ0n) is 24.9. The van der Waals surface area contributed by atoms with Crippen LogP contribution in [-0.4, -0.2) is 65.0 Å². The van der Waals surface area contributed by atoms with Crippen molar-refractivity contribution in [2.24, 2.45) is 11.3 Å². The summed E-state index contributed by atoms with van der Waals surface area (Å²) in [6, 6.07) is 9.10. The van der Waals surface area contributed by atoms with E-state index in [-0.39, 0.29) is 24.0 Å². The van der Waals surface area contributed by atoms with Crippen molar-refractivity contribution in [3.05, 3.63) is 35.9 Å². The Labute approximate surface area is 246 Å². The van der Waals surface area contributed by atoms with Crippen LogP contribution in [0.3, 0.4) is 0 Å². The fourth-order valence-corrected chi connectivity index (χ4v) is 6.25. The van der Waals surface area contributed by atoms with Crippen LogP contribution in [-0.2, 0) is 25.7 Å². The monoisotopic (exact) mass is 574 g/mol. The Morgan fingerprint density at radius 1 is 1.07 bits per heavy atom. The van der Waals surface area contributed by atoms with Gasteiger partial charge in [-0.15, -0.1) is 12.8 Å². The normalized spacial score (nSPS) is 17.9. The molecule has 3 rings (SSSR count). The van der Waals surface area contributed by atoms with Gasteiger partial charge in [0, 0.05) is 36.9 Å². The predicted octanol–water partition coefficient (Wildman–Crippen LogP) is 5.20. The largest absolute Gasteiger partial charge is 0.467 e. The lowest BCUT2D eigenvalue weighted by molar-refractivity contribution is -0.144. The average molecular weight is 575 g/mol. The Kier molecular flexibility index (Phi) is 17.4. The van der Waals surface area contributed by atoms with Crippen LogP contribution >= 0.6 is 11.8 Å². The van der Waals surface area contributed by atoms with Crippen molar-refractivity contribution in [3.8, 4) is 12.8 Å². The van der Waals surface area contributed by atoms with E-state index in [9.17, 15) is 14.4 Å². The fraction of sp³-hybridized carbons (Fsp3) is 0.656. The minimum absolute atomic E-state index is 0.136. The van der Waals surface area contributed by atoms with E-state index in [0.29, 0.717) is 30.4 Å². The van der Waals surface area contributed by atoms with Crippen molar-refractivity contribution in [3.63, 3.8) is 0 Å². The summed E-state index contributed by atoms with van der Waals surface area (Å²) in [6.45, 7) is 6.97. The van der Waals surface area contributed by atoms with Gasteiger partial charge in [0.25, 0.3) is 0 Å². The third-order valence-electron chi connectivity index (χ3n) is 7.02. The molecule has 7 nitrogen and oxygen atoms in total. The lowest BCUT2D eigenvalue weighted by atomic mass is 9.86. The highest BCUT2D eigenvalue weighted by Crippen LogP contribution is 2.29. The van der Waals surface area contributed by atoms with Crippen molar-refractivity contribution in [1.82, 2.24) is 10.2 Å². The molecule has 1 heterocycles. The molecule has 1 aromatic rings. The van der Waals surface area contributed by atoms with Gasteiger partial charge in [0.2, 0.25) is 11.8 Å². The zero-order chi connectivity index (χ0) is 30.0. The first kappa shape index (κ1) is 35.5. The molecule has 2 aliphatic rings. The van der Waals surface area contributed by atoms with Gasteiger partial charge in [-0.25, -0.2) is 4.79 Å². The summed E-state index contributed by atoms with van der Waals surface area (Å²) < 4.78 is 4.88. The first-order valence-corrected chi connectivity index (χ1v) is 15.5. The van der Waals surface area contributed by atoms with Crippen molar-refractivity contribution < 1.29 is 24.2 Å². The average Bonchev–Trinajstić information content (AvgIpc) is 3.42. The van der Waals surface area contributed by atoms with Gasteiger partial charge >= 0.3 is 5.97 Å². The molecule has 224 valence electrons. The molecule has 1 saturated heterocycles. The number of carbonyl (C=O) groups excluding carboxylic acids is 3. The summed E-state index contributed by atoms with van der Waals surface area (Å²) >= 11 is 1.62. The van der Waals surface area contributed by atoms with Gasteiger partial charge in [-0.2, -0.15) is 11.8 Å². The number of methoxy groups -OCH3 is 1. The molecule has 1 aliphatic heterocycles. The van der Waals surface area contributed by atoms with Gasteiger partial charge in [-0.1, -0.05) is 70.4 Å². The minimum Gasteiger partial charge on any atom is -0.467 e. The molecule has 1 saturated carbocycles. The molecule has 2 fully saturated rings. The molecule has 1 unspecified atom stereocenters. The molecule has 2 amide bonds. The number of hydrogen-bond acceptors (Lipinski definition) is 6. The Morgan fingerprint density at radius 2 is 1.73 bits per heavy atom. The number of ether oxygens (including phenoxy) is 1. The number of terminal acetylenes is 1. The molecular formula is C32H50N2O5S. The maximum Gasteiger partial charge on any atom is 0.329 e. The second-order valence-corrected chi connectivity index (χ2v) is 12.7. The fourth-order valence-electron chi connectivity index (χ4n) is 5.04. The van der Waals surface area contributed by atoms with Crippen LogP contribution in [0.5, 0.6) is 0 Å². The van der Waals surface area contributed by atoms with Crippen molar-refractivity contribution in [2.75, 3.05) is 25.2 Å². The number of nitrogens with one attached hydrogen (secondary N) is 1. The lowest BCUT2D eigenvalue weighted by Crippen LogP contribution is -2.44. The Balaban J connectivity index is 0.000000675. The molecule has 1 aliphatic carbocycles. The van der Waals surface area contributed by atoms with Crippen LogP contribution in [0.1, 0.15) is 84.1 Å². The topological polar surface area (TPSA) is 95.9 Å². The maximum atomic E-state index is 12.8. The molecule has 1 aromatic carbocycles. The number of esters is 1. The van der Waals surface area contributed by atoms with Gasteiger partial charge in [0.05, 0.1) is 13.7 Å². The standard InChI is InChI=1S/C23H40N2O4S.C7H8O.C2H2/c1-23(2,3)14-20(26)24-19(22(28)29-4)16-30-15-18-11-8-12-25(18)21(27)13-17-9-6-5-7-10-17;8-6-7-4-2-1-3-5-7;1-2/h17-19H,5-16H2,1-4H3,(H,24,26);1-5,8H,6H2;1-2H/t18-,19?;;/m0../s1. The quantitative estimate of drug-likeness (QED) is 0.295. The Bertz CT molecular complexity index is 894. The maximum absolute atomic E-state index is 12.8. The van der Waals surface area contributed by atoms with E-state index >= 15 is 0 Å². The van der Waals surface area contributed by atoms with E-state index in [4.69, 9.17) is 9.84 Å². The highest BCUT2D eigenvalue weighted by molar-refractivity contribution is 7.99. The van der Waals surface area contributed by atoms with Gasteiger partial charge in [-0.3, -0.25) is 9.59 Å². The number of likely N-dealkylation sites (tertiary alicyclic amines) is 1. The van der Waals surface area contributed by atoms with Crippen LogP contribution in [0, 0.1) is 24.2 Å². The van der Waals surface area contributed by atoms with Crippen LogP contribution in [0.15, 0.2) is 30.3 Å². The molecule has 0 spiro atoms. The second-order valence-electron chi connectivity index (χ2n) is 11.7. The highest BCUT2D eigenvalue weighted by Gasteiger charge is 2.31. The number of benzene rings is 1. The number of amides is 2. The van der Waals surface area contributed by atoms with Crippen molar-refractivity contribution in [1.29, 1.82) is 0 Å². The number of aliphatic hydroxyl groups is 1. The predicted molar refractivity (Wildman–Crippen MR) is 164 cm³/mol. The lowest BCUT2D eigenvalue weighted by Gasteiger charge is -2.28. The van der Waals surface area contributed by atoms with Gasteiger partial charge < -0.3 is 20.1 Å². The van der Waals surface area contributed by atoms with E-state index in [1.54, 1.807) is 11.8 Å². The molecular weight excluding hydrogens is 524 g/mol. The summed E-state index contributed by atoms with van der Waals surface area (Å²) in [5, 5.41) is 11.4. The molecule has 40 heavy (non-hydrogen) atoms. The number of hydrogen-bond donors (Lipinski definition) is 2. The van der Waals surface area contributed by atoms with Crippen LogP contribution in [0.25, 0.3) is 0 Å². The highest BCUT2D eigenvalue weighted by atomic mass is 32.2. The first-order chi connectivity index (χ1) is 19.1. The third kappa shape index (κ3) is 14.2. The smallest absolute Gasteiger partial charge is 0.329 e. The van der Waals surface area contributed by atoms with E-state index in [1.165, 1.54) is 39.2 Å². The molecule has 0 radical (unpaired) electrons. The van der Waals surface area contributed by atoms with Gasteiger partial charge in [-0.05, 0) is 42.6 Å². The number of aliphatic hydroxyl groups excluding tert-OH is 1. The van der Waals surface area contributed by atoms with E-state index in [0.717, 1.165) is 30.7 Å². The van der Waals surface area contributed by atoms with Crippen molar-refractivity contribution in [2.45, 2.75) is 97.2 Å². The molecule has 8 heteroatoms. The first-order valence-electron chi connectivity index (χ1n) is 14.4. The molecule has 2 atom stereocenters. The molecule has 0 aromatic heterocycles. The van der Waals surface area contributed by atoms with Crippen molar-refractivity contribution >= 4 is 29.5 Å². The number of thioether (sulfide) groups is 1. The summed E-state index contributed by atoms with van der Waals surface area (Å²) in [5.41, 5.74) is 0.827. The number of carbonyl (C=O) groups is 3. The summed E-state index contributed by atoms with van der Waals surface area (Å²) in [5.74, 6) is 1.56. The molecule has 2 N–H and O–H groups in total. The molecule has 0 bridgehead atoms. The summed E-state index contributed by atoms with van der Waals surface area (Å²) in [6.07, 6.45) is 17.3. The van der Waals surface area contributed by atoms with Gasteiger partial charge in [0.1, 0.15) is 6.04 Å².